The molecule has 5 nitrogen and oxygen atoms in total. The van der Waals surface area contributed by atoms with E-state index in [0.29, 0.717) is 28.5 Å². The van der Waals surface area contributed by atoms with Gasteiger partial charge in [0.05, 0.1) is 0 Å². The number of hydrogen-bond acceptors (Lipinski definition) is 3. The zero-order chi connectivity index (χ0) is 17.9. The molecule has 0 atom stereocenters. The first kappa shape index (κ1) is 16.6. The molecular weight excluding hydrogens is 329 g/mol. The van der Waals surface area contributed by atoms with E-state index in [9.17, 15) is 9.65 Å². The van der Waals surface area contributed by atoms with Gasteiger partial charge in [0.2, 0.25) is 0 Å². The topological polar surface area (TPSA) is 68.9 Å². The molecule has 0 bridgehead atoms. The van der Waals surface area contributed by atoms with Gasteiger partial charge in [-0.2, -0.15) is 5.26 Å². The van der Waals surface area contributed by atoms with Gasteiger partial charge in [-0.3, -0.25) is 5.10 Å². The molecule has 2 N–H and O–H groups in total. The molecule has 2 heterocycles. The van der Waals surface area contributed by atoms with Crippen molar-refractivity contribution in [2.24, 2.45) is 0 Å². The number of rotatable bonds is 3. The van der Waals surface area contributed by atoms with Gasteiger partial charge in [-0.05, 0) is 25.0 Å². The summed E-state index contributed by atoms with van der Waals surface area (Å²) >= 11 is 0. The Balaban J connectivity index is 1.78. The number of aromatic nitrogens is 3. The van der Waals surface area contributed by atoms with Crippen LogP contribution in [0, 0.1) is 17.1 Å². The van der Waals surface area contributed by atoms with Crippen molar-refractivity contribution in [1.82, 2.24) is 14.6 Å². The molecule has 2 aromatic heterocycles. The molecule has 0 spiro atoms. The highest BCUT2D eigenvalue weighted by molar-refractivity contribution is 5.78. The van der Waals surface area contributed by atoms with E-state index < -0.39 is 0 Å². The van der Waals surface area contributed by atoms with Crippen molar-refractivity contribution < 1.29 is 4.39 Å². The molecule has 1 aliphatic rings. The Labute approximate surface area is 151 Å². The second-order valence-corrected chi connectivity index (χ2v) is 6.93. The maximum absolute atomic E-state index is 14.4. The summed E-state index contributed by atoms with van der Waals surface area (Å²) in [6.07, 6.45) is 10.1. The summed E-state index contributed by atoms with van der Waals surface area (Å²) in [6, 6.07) is 9.11. The third-order valence-corrected chi connectivity index (χ3v) is 5.15. The van der Waals surface area contributed by atoms with E-state index in [1.165, 1.54) is 38.2 Å². The van der Waals surface area contributed by atoms with Crippen molar-refractivity contribution in [3.8, 4) is 17.3 Å². The van der Waals surface area contributed by atoms with Crippen LogP contribution in [0.2, 0.25) is 0 Å². The highest BCUT2D eigenvalue weighted by Gasteiger charge is 2.22. The van der Waals surface area contributed by atoms with Gasteiger partial charge in [-0.25, -0.2) is 13.9 Å². The van der Waals surface area contributed by atoms with Crippen molar-refractivity contribution in [1.29, 1.82) is 5.26 Å². The number of imidazole rings is 1. The Morgan fingerprint density at radius 2 is 1.88 bits per heavy atom. The third kappa shape index (κ3) is 3.05. The molecule has 1 aliphatic carbocycles. The van der Waals surface area contributed by atoms with Crippen LogP contribution in [-0.4, -0.2) is 20.6 Å². The second kappa shape index (κ2) is 7.20. The summed E-state index contributed by atoms with van der Waals surface area (Å²) in [5, 5.41) is 16.0. The fraction of sp³-hybridized carbons (Fsp3) is 0.400. The number of benzene rings is 1. The molecular formula is C20H22FN5. The lowest BCUT2D eigenvalue weighted by Gasteiger charge is -2.22. The molecule has 3 aromatic rings. The molecule has 0 unspecified atom stereocenters. The van der Waals surface area contributed by atoms with E-state index in [1.54, 1.807) is 28.9 Å². The number of aromatic amines is 1. The number of nitrogens with zero attached hydrogens (tertiary/aromatic N) is 3. The van der Waals surface area contributed by atoms with E-state index in [-0.39, 0.29) is 5.82 Å². The quantitative estimate of drug-likeness (QED) is 0.708. The molecule has 0 aliphatic heterocycles. The maximum atomic E-state index is 14.4. The molecule has 26 heavy (non-hydrogen) atoms. The van der Waals surface area contributed by atoms with Crippen LogP contribution in [0.5, 0.6) is 0 Å². The lowest BCUT2D eigenvalue weighted by atomic mass is 9.96. The van der Waals surface area contributed by atoms with Crippen molar-refractivity contribution in [2.75, 3.05) is 5.32 Å². The van der Waals surface area contributed by atoms with Gasteiger partial charge in [0.15, 0.2) is 11.5 Å². The third-order valence-electron chi connectivity index (χ3n) is 5.15. The molecule has 0 saturated heterocycles. The van der Waals surface area contributed by atoms with Crippen LogP contribution in [0.1, 0.15) is 50.5 Å². The van der Waals surface area contributed by atoms with Gasteiger partial charge < -0.3 is 5.32 Å². The van der Waals surface area contributed by atoms with E-state index in [4.69, 9.17) is 0 Å². The van der Waals surface area contributed by atoms with Gasteiger partial charge in [-0.15, -0.1) is 0 Å². The van der Waals surface area contributed by atoms with Gasteiger partial charge in [0.25, 0.3) is 0 Å². The Bertz CT molecular complexity index is 941. The van der Waals surface area contributed by atoms with E-state index in [1.807, 2.05) is 0 Å². The fourth-order valence-electron chi connectivity index (χ4n) is 3.77. The van der Waals surface area contributed by atoms with Crippen LogP contribution in [-0.2, 0) is 0 Å². The summed E-state index contributed by atoms with van der Waals surface area (Å²) < 4.78 is 16.2. The van der Waals surface area contributed by atoms with Crippen LogP contribution >= 0.6 is 0 Å². The van der Waals surface area contributed by atoms with Crippen LogP contribution < -0.4 is 5.32 Å². The van der Waals surface area contributed by atoms with Gasteiger partial charge in [-0.1, -0.05) is 44.2 Å². The number of hydrogen-bond donors (Lipinski definition) is 2. The van der Waals surface area contributed by atoms with Crippen molar-refractivity contribution in [3.63, 3.8) is 0 Å². The zero-order valence-corrected chi connectivity index (χ0v) is 14.6. The first-order valence-electron chi connectivity index (χ1n) is 9.29. The highest BCUT2D eigenvalue weighted by atomic mass is 19.1. The largest absolute Gasteiger partial charge is 0.365 e. The van der Waals surface area contributed by atoms with E-state index in [2.05, 4.69) is 21.5 Å². The van der Waals surface area contributed by atoms with Crippen molar-refractivity contribution >= 4 is 11.5 Å². The molecule has 1 saturated carbocycles. The number of nitriles is 1. The molecule has 1 aromatic carbocycles. The van der Waals surface area contributed by atoms with Crippen LogP contribution in [0.25, 0.3) is 16.9 Å². The Hall–Kier alpha value is -2.81. The van der Waals surface area contributed by atoms with E-state index >= 15 is 0 Å². The normalized spacial score (nSPS) is 16.2. The van der Waals surface area contributed by atoms with Crippen LogP contribution in [0.3, 0.4) is 0 Å². The minimum atomic E-state index is -0.313. The lowest BCUT2D eigenvalue weighted by molar-refractivity contribution is 0.470. The zero-order valence-electron chi connectivity index (χ0n) is 14.6. The summed E-state index contributed by atoms with van der Waals surface area (Å²) in [6.45, 7) is 0. The summed E-state index contributed by atoms with van der Waals surface area (Å²) in [5.74, 6) is 0.421. The molecule has 1 fully saturated rings. The lowest BCUT2D eigenvalue weighted by Crippen LogP contribution is -2.22. The molecule has 0 radical (unpaired) electrons. The molecule has 134 valence electrons. The molecule has 4 rings (SSSR count). The summed E-state index contributed by atoms with van der Waals surface area (Å²) in [7, 11) is 0. The smallest absolute Gasteiger partial charge is 0.173 e. The fourth-order valence-corrected chi connectivity index (χ4v) is 3.77. The first-order chi connectivity index (χ1) is 12.8. The maximum Gasteiger partial charge on any atom is 0.173 e. The molecule has 6 heteroatoms. The second-order valence-electron chi connectivity index (χ2n) is 6.93. The number of anilines is 1. The average molecular weight is 351 g/mol. The van der Waals surface area contributed by atoms with Gasteiger partial charge >= 0.3 is 0 Å². The number of fused-ring (bicyclic) bond motifs is 1. The minimum Gasteiger partial charge on any atom is -0.365 e. The standard InChI is InChI=1S/C20H22FN5/c21-17-11-7-6-10-16(17)18-20(24-15-8-4-2-1-3-5-9-15)26-19(25-18)14(12-22)13-23-26/h6-7,10-11,13,15,23-24H,1-5,8-9H2. The Morgan fingerprint density at radius 1 is 1.15 bits per heavy atom. The molecule has 0 amide bonds. The van der Waals surface area contributed by atoms with Gasteiger partial charge in [0, 0.05) is 17.8 Å². The predicted molar refractivity (Wildman–Crippen MR) is 99.4 cm³/mol. The average Bonchev–Trinajstić information content (AvgIpc) is 3.17. The predicted octanol–water partition coefficient (Wildman–Crippen LogP) is 4.86. The summed E-state index contributed by atoms with van der Waals surface area (Å²) in [4.78, 5) is 4.59. The Kier molecular flexibility index (Phi) is 4.61. The van der Waals surface area contributed by atoms with Crippen LogP contribution in [0.15, 0.2) is 30.5 Å². The van der Waals surface area contributed by atoms with Crippen molar-refractivity contribution in [3.05, 3.63) is 41.8 Å². The highest BCUT2D eigenvalue weighted by Crippen LogP contribution is 2.33. The monoisotopic (exact) mass is 351 g/mol. The van der Waals surface area contributed by atoms with Crippen LogP contribution in [0.4, 0.5) is 10.2 Å². The number of halogens is 1. The van der Waals surface area contributed by atoms with E-state index in [0.717, 1.165) is 18.7 Å². The van der Waals surface area contributed by atoms with Gasteiger partial charge in [0.1, 0.15) is 23.1 Å². The van der Waals surface area contributed by atoms with Crippen molar-refractivity contribution in [2.45, 2.75) is 51.0 Å². The minimum absolute atomic E-state index is 0.313. The number of nitrogens with one attached hydrogen (secondary N) is 2. The number of H-pyrrole nitrogens is 1. The SMILES string of the molecule is N#Cc1c[nH]n2c(NC3CCCCCCC3)c(-c3ccccc3F)nc12. The first-order valence-corrected chi connectivity index (χ1v) is 9.29. The summed E-state index contributed by atoms with van der Waals surface area (Å²) in [5.41, 5.74) is 1.97. The Morgan fingerprint density at radius 3 is 2.62 bits per heavy atom.